The first kappa shape index (κ1) is 12.9. The van der Waals surface area contributed by atoms with Gasteiger partial charge in [0.15, 0.2) is 0 Å². The second kappa shape index (κ2) is 6.38. The molecule has 0 saturated carbocycles. The summed E-state index contributed by atoms with van der Waals surface area (Å²) < 4.78 is 4.49. The Morgan fingerprint density at radius 2 is 2.07 bits per heavy atom. The average Bonchev–Trinajstić information content (AvgIpc) is 2.20. The van der Waals surface area contributed by atoms with Crippen molar-refractivity contribution in [1.29, 1.82) is 0 Å². The van der Waals surface area contributed by atoms with Crippen LogP contribution in [0, 0.1) is 6.92 Å². The number of aromatic nitrogens is 1. The fourth-order valence-corrected chi connectivity index (χ4v) is 1.07. The molecule has 0 aromatic carbocycles. The molecule has 14 heavy (non-hydrogen) atoms. The van der Waals surface area contributed by atoms with Crippen molar-refractivity contribution in [2.24, 2.45) is 0 Å². The molecule has 1 rings (SSSR count). The lowest BCUT2D eigenvalue weighted by Crippen LogP contribution is -2.03. The number of nitrogens with zero attached hydrogens (tertiary/aromatic N) is 1. The van der Waals surface area contributed by atoms with Crippen LogP contribution in [0.2, 0.25) is 5.02 Å². The van der Waals surface area contributed by atoms with Crippen LogP contribution in [-0.2, 0) is 4.74 Å². The van der Waals surface area contributed by atoms with Gasteiger partial charge in [0.2, 0.25) is 0 Å². The fourth-order valence-electron chi connectivity index (χ4n) is 0.787. The highest BCUT2D eigenvalue weighted by atomic mass is 35.5. The molecule has 1 aromatic rings. The van der Waals surface area contributed by atoms with Crippen LogP contribution in [0.1, 0.15) is 29.9 Å². The maximum atomic E-state index is 11.0. The molecule has 1 aromatic heterocycles. The third kappa shape index (κ3) is 3.34. The van der Waals surface area contributed by atoms with Crippen molar-refractivity contribution in [2.75, 3.05) is 7.11 Å². The summed E-state index contributed by atoms with van der Waals surface area (Å²) in [7, 11) is 1.30. The van der Waals surface area contributed by atoms with E-state index in [0.717, 1.165) is 5.69 Å². The minimum Gasteiger partial charge on any atom is -0.465 e. The second-order valence-corrected chi connectivity index (χ2v) is 2.70. The summed E-state index contributed by atoms with van der Waals surface area (Å²) in [6.07, 6.45) is 1.41. The summed E-state index contributed by atoms with van der Waals surface area (Å²) in [4.78, 5) is 14.9. The molecule has 1 heterocycles. The van der Waals surface area contributed by atoms with Gasteiger partial charge in [-0.25, -0.2) is 4.79 Å². The van der Waals surface area contributed by atoms with Crippen molar-refractivity contribution in [1.82, 2.24) is 4.98 Å². The van der Waals surface area contributed by atoms with E-state index in [0.29, 0.717) is 10.6 Å². The van der Waals surface area contributed by atoms with Gasteiger partial charge in [-0.1, -0.05) is 25.4 Å². The molecule has 0 N–H and O–H groups in total. The summed E-state index contributed by atoms with van der Waals surface area (Å²) >= 11 is 5.76. The molecule has 0 radical (unpaired) electrons. The molecule has 0 atom stereocenters. The Labute approximate surface area is 89.1 Å². The van der Waals surface area contributed by atoms with Gasteiger partial charge in [-0.3, -0.25) is 4.98 Å². The zero-order chi connectivity index (χ0) is 11.1. The maximum Gasteiger partial charge on any atom is 0.340 e. The smallest absolute Gasteiger partial charge is 0.340 e. The number of ether oxygens (including phenoxy) is 1. The molecule has 78 valence electrons. The van der Waals surface area contributed by atoms with Crippen LogP contribution in [0.25, 0.3) is 0 Å². The molecule has 0 fully saturated rings. The number of aryl methyl sites for hydroxylation is 1. The van der Waals surface area contributed by atoms with Gasteiger partial charge in [0.05, 0.1) is 17.7 Å². The predicted molar refractivity (Wildman–Crippen MR) is 56.7 cm³/mol. The van der Waals surface area contributed by atoms with Gasteiger partial charge in [-0.15, -0.1) is 0 Å². The number of esters is 1. The molecule has 0 aliphatic carbocycles. The first-order valence-corrected chi connectivity index (χ1v) is 4.73. The van der Waals surface area contributed by atoms with Crippen molar-refractivity contribution in [3.05, 3.63) is 28.5 Å². The van der Waals surface area contributed by atoms with Crippen molar-refractivity contribution < 1.29 is 9.53 Å². The molecule has 0 amide bonds. The number of carbonyl (C=O) groups is 1. The Hall–Kier alpha value is -1.09. The number of hydrogen-bond donors (Lipinski definition) is 0. The summed E-state index contributed by atoms with van der Waals surface area (Å²) in [6.45, 7) is 5.80. The predicted octanol–water partition coefficient (Wildman–Crippen LogP) is 2.86. The van der Waals surface area contributed by atoms with Gasteiger partial charge in [-0.2, -0.15) is 0 Å². The van der Waals surface area contributed by atoms with Crippen LogP contribution in [0.3, 0.4) is 0 Å². The first-order valence-electron chi connectivity index (χ1n) is 4.35. The highest BCUT2D eigenvalue weighted by molar-refractivity contribution is 6.33. The SMILES string of the molecule is CC.COC(=O)c1cnc(C)cc1Cl. The Balaban J connectivity index is 0.000000791. The van der Waals surface area contributed by atoms with Gasteiger partial charge in [0, 0.05) is 11.9 Å². The number of halogens is 1. The van der Waals surface area contributed by atoms with Crippen molar-refractivity contribution >= 4 is 17.6 Å². The number of carbonyl (C=O) groups excluding carboxylic acids is 1. The Morgan fingerprint density at radius 1 is 1.50 bits per heavy atom. The van der Waals surface area contributed by atoms with E-state index < -0.39 is 5.97 Å². The highest BCUT2D eigenvalue weighted by Crippen LogP contribution is 2.15. The molecule has 0 unspecified atom stereocenters. The molecule has 0 bridgehead atoms. The van der Waals surface area contributed by atoms with Gasteiger partial charge >= 0.3 is 5.97 Å². The summed E-state index contributed by atoms with van der Waals surface area (Å²) in [5.74, 6) is -0.465. The Morgan fingerprint density at radius 3 is 2.50 bits per heavy atom. The van der Waals surface area contributed by atoms with Crippen LogP contribution in [0.5, 0.6) is 0 Å². The highest BCUT2D eigenvalue weighted by Gasteiger charge is 2.10. The van der Waals surface area contributed by atoms with E-state index in [1.165, 1.54) is 13.3 Å². The summed E-state index contributed by atoms with van der Waals surface area (Å²) in [5, 5.41) is 0.370. The molecule has 3 nitrogen and oxygen atoms in total. The Kier molecular flexibility index (Phi) is 5.88. The number of methoxy groups -OCH3 is 1. The molecular formula is C10H14ClNO2. The zero-order valence-corrected chi connectivity index (χ0v) is 9.55. The standard InChI is InChI=1S/C8H8ClNO2.C2H6/c1-5-3-7(9)6(4-10-5)8(11)12-2;1-2/h3-4H,1-2H3;1-2H3. The zero-order valence-electron chi connectivity index (χ0n) is 8.80. The lowest BCUT2D eigenvalue weighted by atomic mass is 10.2. The summed E-state index contributed by atoms with van der Waals surface area (Å²) in [6, 6.07) is 1.62. The van der Waals surface area contributed by atoms with Crippen molar-refractivity contribution in [2.45, 2.75) is 20.8 Å². The first-order chi connectivity index (χ1) is 6.65. The van der Waals surface area contributed by atoms with E-state index in [4.69, 9.17) is 11.6 Å². The minimum absolute atomic E-state index is 0.296. The van der Waals surface area contributed by atoms with Crippen molar-refractivity contribution in [3.8, 4) is 0 Å². The maximum absolute atomic E-state index is 11.0. The summed E-state index contributed by atoms with van der Waals surface area (Å²) in [5.41, 5.74) is 1.07. The average molecular weight is 216 g/mol. The molecule has 0 aliphatic heterocycles. The number of hydrogen-bond acceptors (Lipinski definition) is 3. The molecule has 0 saturated heterocycles. The van der Waals surface area contributed by atoms with E-state index >= 15 is 0 Å². The van der Waals surface area contributed by atoms with E-state index in [9.17, 15) is 4.79 Å². The van der Waals surface area contributed by atoms with E-state index in [2.05, 4.69) is 9.72 Å². The van der Waals surface area contributed by atoms with E-state index in [-0.39, 0.29) is 0 Å². The monoisotopic (exact) mass is 215 g/mol. The largest absolute Gasteiger partial charge is 0.465 e. The van der Waals surface area contributed by atoms with Crippen LogP contribution >= 0.6 is 11.6 Å². The topological polar surface area (TPSA) is 39.2 Å². The van der Waals surface area contributed by atoms with Crippen LogP contribution in [0.4, 0.5) is 0 Å². The molecule has 0 aliphatic rings. The third-order valence-corrected chi connectivity index (χ3v) is 1.71. The van der Waals surface area contributed by atoms with Gasteiger partial charge < -0.3 is 4.74 Å². The van der Waals surface area contributed by atoms with E-state index in [1.54, 1.807) is 13.0 Å². The molecular weight excluding hydrogens is 202 g/mol. The Bertz CT molecular complexity index is 313. The lowest BCUT2D eigenvalue weighted by Gasteiger charge is -2.01. The van der Waals surface area contributed by atoms with Crippen LogP contribution in [-0.4, -0.2) is 18.1 Å². The van der Waals surface area contributed by atoms with Crippen LogP contribution in [0.15, 0.2) is 12.3 Å². The van der Waals surface area contributed by atoms with E-state index in [1.807, 2.05) is 13.8 Å². The number of pyridine rings is 1. The molecule has 0 spiro atoms. The normalized spacial score (nSPS) is 8.64. The van der Waals surface area contributed by atoms with Crippen molar-refractivity contribution in [3.63, 3.8) is 0 Å². The quantitative estimate of drug-likeness (QED) is 0.677. The van der Waals surface area contributed by atoms with Gasteiger partial charge in [0.1, 0.15) is 0 Å². The lowest BCUT2D eigenvalue weighted by molar-refractivity contribution is 0.0600. The number of rotatable bonds is 1. The minimum atomic E-state index is -0.465. The van der Waals surface area contributed by atoms with Gasteiger partial charge in [-0.05, 0) is 13.0 Å². The third-order valence-electron chi connectivity index (χ3n) is 1.40. The fraction of sp³-hybridized carbons (Fsp3) is 0.400. The molecule has 4 heteroatoms. The van der Waals surface area contributed by atoms with Crippen LogP contribution < -0.4 is 0 Å². The van der Waals surface area contributed by atoms with Gasteiger partial charge in [0.25, 0.3) is 0 Å². The second-order valence-electron chi connectivity index (χ2n) is 2.30.